The summed E-state index contributed by atoms with van der Waals surface area (Å²) in [4.78, 5) is 133. The number of hydrogen-bond acceptors (Lipinski definition) is 26. The number of hydrogen-bond donors (Lipinski definition) is 20. The van der Waals surface area contributed by atoms with Gasteiger partial charge < -0.3 is 134 Å². The van der Waals surface area contributed by atoms with Gasteiger partial charge >= 0.3 is 6.18 Å². The number of phenolic OH excluding ortho intramolecular Hbond substituents is 3. The number of benzene rings is 6. The molecule has 7 aliphatic heterocycles. The second kappa shape index (κ2) is 34.8. The lowest BCUT2D eigenvalue weighted by molar-refractivity contribution is -0.333. The number of primary amides is 1. The number of aromatic hydroxyl groups is 3. The van der Waals surface area contributed by atoms with Crippen LogP contribution in [0.4, 0.5) is 18.9 Å². The maximum Gasteiger partial charge on any atom is 0.416 e. The molecule has 0 radical (unpaired) electrons. The van der Waals surface area contributed by atoms with E-state index in [1.54, 1.807) is 13.8 Å². The molecule has 0 spiro atoms. The Morgan fingerprint density at radius 3 is 1.90 bits per heavy atom. The number of phenols is 3. The lowest BCUT2D eigenvalue weighted by Crippen LogP contribution is -2.64. The zero-order chi connectivity index (χ0) is 83.7. The molecule has 7 heterocycles. The minimum atomic E-state index is -4.75. The summed E-state index contributed by atoms with van der Waals surface area (Å²) in [6, 6.07) is 1.73. The summed E-state index contributed by atoms with van der Waals surface area (Å²) >= 11 is 14.2. The molecule has 40 heteroatoms. The number of alkyl halides is 3. The van der Waals surface area contributed by atoms with Crippen LogP contribution < -0.4 is 73.5 Å². The predicted octanol–water partition coefficient (Wildman–Crippen LogP) is 1.80. The van der Waals surface area contributed by atoms with E-state index in [4.69, 9.17) is 63.1 Å². The number of halogens is 5. The molecule has 6 aromatic rings. The van der Waals surface area contributed by atoms with Gasteiger partial charge in [0.05, 0.1) is 53.4 Å². The highest BCUT2D eigenvalue weighted by molar-refractivity contribution is 6.32. The number of nitrogens with two attached hydrogens (primary N) is 2. The number of anilines is 1. The number of fused-ring (bicyclic) bond motifs is 15. The average molecular weight is 1650 g/mol. The Bertz CT molecular complexity index is 4760. The van der Waals surface area contributed by atoms with Crippen LogP contribution in [0.1, 0.15) is 111 Å². The van der Waals surface area contributed by atoms with Gasteiger partial charge in [0.1, 0.15) is 95.5 Å². The van der Waals surface area contributed by atoms with E-state index in [1.807, 2.05) is 0 Å². The molecule has 22 N–H and O–H groups in total. The van der Waals surface area contributed by atoms with E-state index in [2.05, 4.69) is 47.9 Å². The van der Waals surface area contributed by atoms with Crippen molar-refractivity contribution in [1.82, 2.24) is 42.5 Å². The van der Waals surface area contributed by atoms with Crippen LogP contribution in [-0.4, -0.2) is 198 Å². The van der Waals surface area contributed by atoms with Gasteiger partial charge in [-0.3, -0.25) is 43.2 Å². The fraction of sp³-hybridized carbons (Fsp3) is 0.400. The fourth-order valence-electron chi connectivity index (χ4n) is 13.7. The summed E-state index contributed by atoms with van der Waals surface area (Å²) in [5.41, 5.74) is 6.45. The normalized spacial score (nSPS) is 27.3. The first-order valence-electron chi connectivity index (χ1n) is 35.7. The Balaban J connectivity index is 1.12. The molecule has 3 unspecified atom stereocenters. The van der Waals surface area contributed by atoms with E-state index >= 15 is 19.2 Å². The van der Waals surface area contributed by atoms with Gasteiger partial charge in [0.25, 0.3) is 0 Å². The minimum Gasteiger partial charge on any atom is -0.508 e. The standard InChI is InChI=1S/C75H82Cl2F3N11O24/c1-28(2)16-41(83-5)66(103)90-57-59(98)31-7-14-45(39(76)18-31)111-47-20-33-21-48(63(47)115-73-64(62(101)61(100)49(27-92)113-73)114-52-25-74(4,82)65(102)29(3)110-52)112-46-15-8-32(19-40(46)77)60(99)58-72(109)89-56(68(105)84-26-51(97)85-35-11-9-34(10-12-35)75(78,79)80)38-22-36(93)23-44(95)53(38)37-17-30(6-13-43(37)94)54(69(106)91-58)88-70(107)55(33)87-67(104)42(24-50(81)96)86-71(57)108/h6-15,17-23,28-29,41-42,49,52,54-62,64-65,73,83,92-95,98-102H,16,24-27,82H2,1-5H3,(H2,81,96)(H,84,105)(H,85,97)(H,86,108)(H,87,104)(H,88,107)(H,89,109)(H,90,103)(H,91,106)/t29-,41+,42-,49+,52?,54+,55?,56?,57+,58-,59+,60+,61+,62-,64+,65+,73-,74-/m0/s1. The molecule has 6 aromatic carbocycles. The molecular weight excluding hydrogens is 1570 g/mol. The molecule has 13 rings (SSSR count). The third-order valence-electron chi connectivity index (χ3n) is 19.7. The summed E-state index contributed by atoms with van der Waals surface area (Å²) in [7, 11) is 1.46. The topological polar surface area (TPSA) is 551 Å². The van der Waals surface area contributed by atoms with Gasteiger partial charge in [0.2, 0.25) is 65.2 Å². The average Bonchev–Trinajstić information content (AvgIpc) is 0.764. The molecule has 0 aromatic heterocycles. The van der Waals surface area contributed by atoms with Gasteiger partial charge in [0, 0.05) is 34.8 Å². The van der Waals surface area contributed by atoms with Gasteiger partial charge in [-0.15, -0.1) is 0 Å². The van der Waals surface area contributed by atoms with Crippen LogP contribution in [0.2, 0.25) is 10.0 Å². The van der Waals surface area contributed by atoms with Crippen LogP contribution in [0.25, 0.3) is 11.1 Å². The molecule has 2 fully saturated rings. The fourth-order valence-corrected chi connectivity index (χ4v) is 14.2. The van der Waals surface area contributed by atoms with Crippen LogP contribution in [-0.2, 0) is 63.5 Å². The third-order valence-corrected chi connectivity index (χ3v) is 20.3. The van der Waals surface area contributed by atoms with E-state index in [0.717, 1.165) is 84.9 Å². The quantitative estimate of drug-likeness (QED) is 0.0657. The molecule has 616 valence electrons. The molecule has 35 nitrogen and oxygen atoms in total. The van der Waals surface area contributed by atoms with Crippen molar-refractivity contribution >= 4 is 82.1 Å². The lowest BCUT2D eigenvalue weighted by atomic mass is 9.86. The number of carbonyl (C=O) groups is 9. The van der Waals surface area contributed by atoms with Crippen LogP contribution in [0.3, 0.4) is 0 Å². The Labute approximate surface area is 661 Å². The van der Waals surface area contributed by atoms with Crippen molar-refractivity contribution in [1.29, 1.82) is 0 Å². The Kier molecular flexibility index (Phi) is 25.8. The molecule has 18 atom stereocenters. The largest absolute Gasteiger partial charge is 0.508 e. The number of amides is 9. The predicted molar refractivity (Wildman–Crippen MR) is 395 cm³/mol. The molecule has 7 aliphatic rings. The second-order valence-electron chi connectivity index (χ2n) is 28.7. The van der Waals surface area contributed by atoms with Crippen LogP contribution in [0.5, 0.6) is 46.0 Å². The summed E-state index contributed by atoms with van der Waals surface area (Å²) < 4.78 is 78.7. The van der Waals surface area contributed by atoms with Gasteiger partial charge in [0.15, 0.2) is 23.9 Å². The van der Waals surface area contributed by atoms with E-state index in [1.165, 1.54) is 27.0 Å². The molecular formula is C75H82Cl2F3N11O24. The molecule has 11 bridgehead atoms. The number of rotatable bonds is 16. The summed E-state index contributed by atoms with van der Waals surface area (Å²) in [6.45, 7) is 4.56. The number of aliphatic hydroxyl groups is 6. The van der Waals surface area contributed by atoms with Crippen LogP contribution in [0.15, 0.2) is 103 Å². The smallest absolute Gasteiger partial charge is 0.416 e. The van der Waals surface area contributed by atoms with Crippen molar-refractivity contribution in [3.05, 3.63) is 147 Å². The van der Waals surface area contributed by atoms with Crippen molar-refractivity contribution in [3.8, 4) is 57.1 Å². The van der Waals surface area contributed by atoms with E-state index in [0.29, 0.717) is 12.1 Å². The highest BCUT2D eigenvalue weighted by Gasteiger charge is 2.52. The maximum atomic E-state index is 16.2. The van der Waals surface area contributed by atoms with Gasteiger partial charge in [-0.05, 0) is 140 Å². The van der Waals surface area contributed by atoms with Crippen molar-refractivity contribution in [2.75, 3.05) is 25.5 Å². The number of nitrogens with one attached hydrogen (secondary N) is 9. The van der Waals surface area contributed by atoms with E-state index in [-0.39, 0.29) is 41.3 Å². The van der Waals surface area contributed by atoms with Crippen molar-refractivity contribution in [2.24, 2.45) is 17.4 Å². The SMILES string of the molecule is CN[C@H](CC(C)C)C(=O)N[C@H]1C(=O)N[C@@H](CC(N)=O)C(=O)NC2C(=O)N[C@H]3C(=O)N[C@H](C(=O)NC(C(=O)NCC(=O)Nc4ccc(C(F)(F)F)cc4)c4cc(O)cc(O)c4-c4cc3ccc4O)[C@H](O)c3ccc(c(Cl)c3)Oc3cc2cc(c3O[C@@H]2O[C@H](CO)[C@@H](O)[C@H](O)[C@H]2OC2C[C@](C)(N)[C@H](O)[C@H](C)O2)Oc2ccc(cc2Cl)[C@H]1O. The van der Waals surface area contributed by atoms with Crippen LogP contribution >= 0.6 is 23.2 Å². The monoisotopic (exact) mass is 1650 g/mol. The van der Waals surface area contributed by atoms with E-state index in [9.17, 15) is 83.1 Å². The first-order valence-corrected chi connectivity index (χ1v) is 36.5. The highest BCUT2D eigenvalue weighted by Crippen LogP contribution is 2.50. The molecule has 115 heavy (non-hydrogen) atoms. The maximum absolute atomic E-state index is 16.2. The zero-order valence-electron chi connectivity index (χ0n) is 61.4. The summed E-state index contributed by atoms with van der Waals surface area (Å²) in [6.07, 6.45) is -23.8. The van der Waals surface area contributed by atoms with Gasteiger partial charge in [-0.25, -0.2) is 0 Å². The van der Waals surface area contributed by atoms with Crippen molar-refractivity contribution in [3.63, 3.8) is 0 Å². The number of likely N-dealkylation sites (N-methyl/N-ethyl adjacent to an activating group) is 1. The summed E-state index contributed by atoms with van der Waals surface area (Å²) in [5.74, 6) is -17.3. The number of aliphatic hydroxyl groups excluding tert-OH is 6. The molecule has 0 saturated carbocycles. The number of ether oxygens (including phenoxy) is 6. The van der Waals surface area contributed by atoms with Gasteiger partial charge in [-0.2, -0.15) is 13.2 Å². The van der Waals surface area contributed by atoms with Crippen LogP contribution in [0, 0.1) is 5.92 Å². The minimum absolute atomic E-state index is 0.125. The first kappa shape index (κ1) is 85.2. The Hall–Kier alpha value is -10.7. The summed E-state index contributed by atoms with van der Waals surface area (Å²) in [5, 5.41) is 126. The molecule has 9 amide bonds. The Morgan fingerprint density at radius 1 is 0.704 bits per heavy atom. The number of carbonyl (C=O) groups excluding carboxylic acids is 9. The highest BCUT2D eigenvalue weighted by atomic mass is 35.5. The molecule has 2 saturated heterocycles. The van der Waals surface area contributed by atoms with Crippen molar-refractivity contribution < 1.29 is 131 Å². The van der Waals surface area contributed by atoms with E-state index < -0.39 is 272 Å². The van der Waals surface area contributed by atoms with Gasteiger partial charge in [-0.1, -0.05) is 55.2 Å². The first-order chi connectivity index (χ1) is 54.2. The van der Waals surface area contributed by atoms with Crippen molar-refractivity contribution in [2.45, 2.75) is 162 Å². The lowest BCUT2D eigenvalue weighted by Gasteiger charge is -2.47. The Morgan fingerprint density at radius 2 is 1.31 bits per heavy atom. The molecule has 0 aliphatic carbocycles. The second-order valence-corrected chi connectivity index (χ2v) is 29.5. The third kappa shape index (κ3) is 19.0. The zero-order valence-corrected chi connectivity index (χ0v) is 62.9.